The van der Waals surface area contributed by atoms with Gasteiger partial charge in [0.05, 0.1) is 11.4 Å². The molecule has 0 spiro atoms. The van der Waals surface area contributed by atoms with Gasteiger partial charge in [0.15, 0.2) is 0 Å². The molecule has 2 atom stereocenters. The van der Waals surface area contributed by atoms with Crippen molar-refractivity contribution < 1.29 is 8.42 Å². The molecule has 0 amide bonds. The van der Waals surface area contributed by atoms with Crippen LogP contribution in [0.15, 0.2) is 52.1 Å². The molecule has 0 fully saturated rings. The number of aryl methyl sites for hydroxylation is 2. The fraction of sp³-hybridized carbons (Fsp3) is 0.286. The number of benzene rings is 1. The van der Waals surface area contributed by atoms with Crippen molar-refractivity contribution in [2.75, 3.05) is 0 Å². The molecule has 8 heteroatoms. The van der Waals surface area contributed by atoms with Gasteiger partial charge in [-0.15, -0.1) is 11.3 Å². The maximum absolute atomic E-state index is 12.5. The van der Waals surface area contributed by atoms with Gasteiger partial charge in [0.2, 0.25) is 0 Å². The lowest BCUT2D eigenvalue weighted by molar-refractivity contribution is 0.565. The third-order valence-corrected chi connectivity index (χ3v) is 8.56. The van der Waals surface area contributed by atoms with Crippen molar-refractivity contribution in [3.8, 4) is 5.69 Å². The molecule has 2 heterocycles. The summed E-state index contributed by atoms with van der Waals surface area (Å²) in [6.07, 6.45) is 4.69. The second-order valence-corrected chi connectivity index (χ2v) is 10.6. The predicted molar refractivity (Wildman–Crippen MR) is 118 cm³/mol. The molecule has 1 N–H and O–H groups in total. The average molecular weight is 448 g/mol. The number of hydrogen-bond donors (Lipinski definition) is 1. The van der Waals surface area contributed by atoms with Crippen LogP contribution in [0.4, 0.5) is 0 Å². The molecule has 2 aromatic heterocycles. The SMILES string of the molecule is Cc1ccc(-n2nc(C)c(C3C=CC(NS(=O)(=O)c4cccs4)C3)c2C)cc1Cl. The Balaban J connectivity index is 1.57. The zero-order chi connectivity index (χ0) is 20.8. The summed E-state index contributed by atoms with van der Waals surface area (Å²) in [5, 5.41) is 7.20. The lowest BCUT2D eigenvalue weighted by Gasteiger charge is -2.14. The van der Waals surface area contributed by atoms with E-state index in [0.717, 1.165) is 28.2 Å². The molecule has 0 bridgehead atoms. The van der Waals surface area contributed by atoms with Crippen LogP contribution in [0.25, 0.3) is 5.69 Å². The van der Waals surface area contributed by atoms with Gasteiger partial charge in [0.25, 0.3) is 10.0 Å². The van der Waals surface area contributed by atoms with Gasteiger partial charge >= 0.3 is 0 Å². The Morgan fingerprint density at radius 1 is 1.21 bits per heavy atom. The van der Waals surface area contributed by atoms with Crippen molar-refractivity contribution >= 4 is 33.0 Å². The first-order valence-electron chi connectivity index (χ1n) is 9.33. The van der Waals surface area contributed by atoms with Crippen LogP contribution in [0.1, 0.15) is 34.9 Å². The summed E-state index contributed by atoms with van der Waals surface area (Å²) in [6, 6.07) is 9.04. The fourth-order valence-corrected chi connectivity index (χ4v) is 6.22. The maximum Gasteiger partial charge on any atom is 0.250 e. The smallest absolute Gasteiger partial charge is 0.237 e. The first kappa shape index (κ1) is 20.3. The van der Waals surface area contributed by atoms with E-state index < -0.39 is 10.0 Å². The van der Waals surface area contributed by atoms with E-state index >= 15 is 0 Å². The number of halogens is 1. The topological polar surface area (TPSA) is 64.0 Å². The summed E-state index contributed by atoms with van der Waals surface area (Å²) in [5.74, 6) is 0.112. The molecule has 3 aromatic rings. The van der Waals surface area contributed by atoms with Gasteiger partial charge in [-0.3, -0.25) is 0 Å². The summed E-state index contributed by atoms with van der Waals surface area (Å²) < 4.78 is 30.1. The standard InChI is InChI=1S/C21H22ClN3O2S2/c1-13-6-9-18(12-19(13)22)25-15(3)21(14(2)23-25)16-7-8-17(11-16)24-29(26,27)20-5-4-10-28-20/h4-10,12,16-17,24H,11H2,1-3H3. The number of nitrogens with zero attached hydrogens (tertiary/aromatic N) is 2. The summed E-state index contributed by atoms with van der Waals surface area (Å²) in [4.78, 5) is 0. The lowest BCUT2D eigenvalue weighted by atomic mass is 9.96. The Kier molecular flexibility index (Phi) is 5.42. The minimum absolute atomic E-state index is 0.112. The molecule has 0 aliphatic heterocycles. The van der Waals surface area contributed by atoms with E-state index in [-0.39, 0.29) is 12.0 Å². The first-order chi connectivity index (χ1) is 13.8. The van der Waals surface area contributed by atoms with Crippen molar-refractivity contribution in [3.05, 3.63) is 75.4 Å². The van der Waals surface area contributed by atoms with E-state index in [1.165, 1.54) is 11.3 Å². The van der Waals surface area contributed by atoms with Gasteiger partial charge in [-0.1, -0.05) is 35.9 Å². The third-order valence-electron chi connectivity index (χ3n) is 5.27. The van der Waals surface area contributed by atoms with Gasteiger partial charge in [0, 0.05) is 28.2 Å². The molecule has 4 rings (SSSR count). The maximum atomic E-state index is 12.5. The third kappa shape index (κ3) is 3.92. The molecule has 0 saturated carbocycles. The monoisotopic (exact) mass is 447 g/mol. The fourth-order valence-electron chi connectivity index (χ4n) is 3.83. The van der Waals surface area contributed by atoms with Crippen LogP contribution in [0.3, 0.4) is 0 Å². The van der Waals surface area contributed by atoms with Gasteiger partial charge in [-0.25, -0.2) is 17.8 Å². The van der Waals surface area contributed by atoms with Gasteiger partial charge in [-0.2, -0.15) is 5.10 Å². The Labute approximate surface area is 180 Å². The van der Waals surface area contributed by atoms with E-state index in [1.54, 1.807) is 17.5 Å². The van der Waals surface area contributed by atoms with E-state index in [0.29, 0.717) is 15.7 Å². The highest BCUT2D eigenvalue weighted by molar-refractivity contribution is 7.91. The second-order valence-electron chi connectivity index (χ2n) is 7.32. The Morgan fingerprint density at radius 2 is 2.00 bits per heavy atom. The summed E-state index contributed by atoms with van der Waals surface area (Å²) in [7, 11) is -3.49. The van der Waals surface area contributed by atoms with Crippen molar-refractivity contribution in [1.29, 1.82) is 0 Å². The van der Waals surface area contributed by atoms with Crippen molar-refractivity contribution in [3.63, 3.8) is 0 Å². The highest BCUT2D eigenvalue weighted by Crippen LogP contribution is 2.35. The normalized spacial score (nSPS) is 19.2. The highest BCUT2D eigenvalue weighted by atomic mass is 35.5. The van der Waals surface area contributed by atoms with Crippen LogP contribution in [-0.2, 0) is 10.0 Å². The molecule has 5 nitrogen and oxygen atoms in total. The Bertz CT molecular complexity index is 1180. The van der Waals surface area contributed by atoms with Crippen molar-refractivity contribution in [2.45, 2.75) is 43.4 Å². The largest absolute Gasteiger partial charge is 0.250 e. The van der Waals surface area contributed by atoms with E-state index in [9.17, 15) is 8.42 Å². The van der Waals surface area contributed by atoms with Crippen LogP contribution in [-0.4, -0.2) is 24.2 Å². The quantitative estimate of drug-likeness (QED) is 0.565. The number of nitrogens with one attached hydrogen (secondary N) is 1. The molecule has 1 aromatic carbocycles. The number of rotatable bonds is 5. The molecular formula is C21H22ClN3O2S2. The summed E-state index contributed by atoms with van der Waals surface area (Å²) >= 11 is 7.52. The molecule has 152 valence electrons. The van der Waals surface area contributed by atoms with Crippen molar-refractivity contribution in [2.24, 2.45) is 0 Å². The van der Waals surface area contributed by atoms with Crippen LogP contribution in [0, 0.1) is 20.8 Å². The van der Waals surface area contributed by atoms with Crippen LogP contribution in [0.2, 0.25) is 5.02 Å². The predicted octanol–water partition coefficient (Wildman–Crippen LogP) is 4.90. The average Bonchev–Trinajstić information content (AvgIpc) is 3.39. The molecule has 1 aliphatic carbocycles. The number of sulfonamides is 1. The number of aromatic nitrogens is 2. The molecule has 0 saturated heterocycles. The molecule has 0 radical (unpaired) electrons. The molecule has 1 aliphatic rings. The highest BCUT2D eigenvalue weighted by Gasteiger charge is 2.29. The zero-order valence-corrected chi connectivity index (χ0v) is 18.8. The Hall–Kier alpha value is -1.93. The summed E-state index contributed by atoms with van der Waals surface area (Å²) in [5.41, 5.74) is 5.06. The van der Waals surface area contributed by atoms with Crippen molar-refractivity contribution in [1.82, 2.24) is 14.5 Å². The van der Waals surface area contributed by atoms with Crippen LogP contribution < -0.4 is 4.72 Å². The number of allylic oxidation sites excluding steroid dienone is 1. The van der Waals surface area contributed by atoms with E-state index in [4.69, 9.17) is 16.7 Å². The van der Waals surface area contributed by atoms with Crippen LogP contribution >= 0.6 is 22.9 Å². The first-order valence-corrected chi connectivity index (χ1v) is 12.1. The molecule has 2 unspecified atom stereocenters. The van der Waals surface area contributed by atoms with Gasteiger partial charge < -0.3 is 0 Å². The van der Waals surface area contributed by atoms with Crippen LogP contribution in [0.5, 0.6) is 0 Å². The van der Waals surface area contributed by atoms with Gasteiger partial charge in [-0.05, 0) is 56.3 Å². The molecule has 29 heavy (non-hydrogen) atoms. The van der Waals surface area contributed by atoms with Gasteiger partial charge in [0.1, 0.15) is 4.21 Å². The molecular weight excluding hydrogens is 426 g/mol. The zero-order valence-electron chi connectivity index (χ0n) is 16.4. The minimum Gasteiger partial charge on any atom is -0.237 e. The summed E-state index contributed by atoms with van der Waals surface area (Å²) in [6.45, 7) is 6.01. The minimum atomic E-state index is -3.49. The Morgan fingerprint density at radius 3 is 2.69 bits per heavy atom. The van der Waals surface area contributed by atoms with E-state index in [1.807, 2.05) is 49.7 Å². The second kappa shape index (κ2) is 7.72. The number of thiophene rings is 1. The lowest BCUT2D eigenvalue weighted by Crippen LogP contribution is -2.32. The van der Waals surface area contributed by atoms with E-state index in [2.05, 4.69) is 10.8 Å². The number of hydrogen-bond acceptors (Lipinski definition) is 4.